The molecule has 128 valence electrons. The molecule has 0 fully saturated rings. The van der Waals surface area contributed by atoms with Crippen molar-refractivity contribution in [3.05, 3.63) is 82.5 Å². The first kappa shape index (κ1) is 15.9. The summed E-state index contributed by atoms with van der Waals surface area (Å²) in [5, 5.41) is 14.3. The van der Waals surface area contributed by atoms with Gasteiger partial charge in [-0.05, 0) is 28.8 Å². The van der Waals surface area contributed by atoms with Crippen molar-refractivity contribution in [2.75, 3.05) is 0 Å². The van der Waals surface area contributed by atoms with E-state index in [0.717, 1.165) is 22.3 Å². The molecule has 1 N–H and O–H groups in total. The second kappa shape index (κ2) is 6.72. The Kier molecular flexibility index (Phi) is 4.10. The van der Waals surface area contributed by atoms with Crippen molar-refractivity contribution in [1.29, 1.82) is 0 Å². The van der Waals surface area contributed by atoms with Crippen molar-refractivity contribution >= 4 is 0 Å². The van der Waals surface area contributed by atoms with E-state index < -0.39 is 0 Å². The highest BCUT2D eigenvalue weighted by Crippen LogP contribution is 2.29. The topological polar surface area (TPSA) is 89.4 Å². The molecule has 4 rings (SSSR count). The zero-order valence-electron chi connectivity index (χ0n) is 14.1. The fourth-order valence-electron chi connectivity index (χ4n) is 2.90. The third-order valence-electron chi connectivity index (χ3n) is 4.25. The van der Waals surface area contributed by atoms with Gasteiger partial charge in [-0.3, -0.25) is 9.36 Å². The highest BCUT2D eigenvalue weighted by Gasteiger charge is 2.10. The van der Waals surface area contributed by atoms with Crippen molar-refractivity contribution in [3.63, 3.8) is 0 Å². The van der Waals surface area contributed by atoms with Gasteiger partial charge in [0.05, 0.1) is 6.54 Å². The van der Waals surface area contributed by atoms with Gasteiger partial charge in [-0.1, -0.05) is 48.5 Å². The molecule has 0 atom stereocenters. The second-order valence-corrected chi connectivity index (χ2v) is 5.89. The number of benzene rings is 2. The molecule has 4 aromatic rings. The monoisotopic (exact) mass is 344 g/mol. The van der Waals surface area contributed by atoms with Crippen molar-refractivity contribution in [1.82, 2.24) is 30.2 Å². The minimum atomic E-state index is -0.0518. The fraction of sp³-hybridized carbons (Fsp3) is 0.105. The zero-order valence-corrected chi connectivity index (χ0v) is 14.1. The summed E-state index contributed by atoms with van der Waals surface area (Å²) in [5.41, 5.74) is 3.96. The number of hydrogen-bond donors (Lipinski definition) is 1. The van der Waals surface area contributed by atoms with Crippen LogP contribution < -0.4 is 5.56 Å². The maximum Gasteiger partial charge on any atom is 0.253 e. The minimum Gasteiger partial charge on any atom is -0.292 e. The lowest BCUT2D eigenvalue weighted by Gasteiger charge is -2.10. The van der Waals surface area contributed by atoms with Crippen LogP contribution in [0.4, 0.5) is 0 Å². The van der Waals surface area contributed by atoms with Crippen LogP contribution in [0.3, 0.4) is 0 Å². The van der Waals surface area contributed by atoms with Crippen LogP contribution in [-0.4, -0.2) is 30.2 Å². The van der Waals surface area contributed by atoms with Crippen molar-refractivity contribution in [2.24, 2.45) is 0 Å². The number of nitrogens with zero attached hydrogens (tertiary/aromatic N) is 5. The summed E-state index contributed by atoms with van der Waals surface area (Å²) >= 11 is 0. The highest BCUT2D eigenvalue weighted by molar-refractivity contribution is 5.80. The van der Waals surface area contributed by atoms with E-state index in [1.807, 2.05) is 55.5 Å². The smallest absolute Gasteiger partial charge is 0.253 e. The minimum absolute atomic E-state index is 0.0518. The molecule has 0 saturated heterocycles. The van der Waals surface area contributed by atoms with Gasteiger partial charge in [0, 0.05) is 17.8 Å². The molecule has 2 heterocycles. The van der Waals surface area contributed by atoms with Crippen LogP contribution >= 0.6 is 0 Å². The van der Waals surface area contributed by atoms with E-state index in [4.69, 9.17) is 0 Å². The maximum absolute atomic E-state index is 12.0. The van der Waals surface area contributed by atoms with Crippen molar-refractivity contribution in [2.45, 2.75) is 13.5 Å². The van der Waals surface area contributed by atoms with Crippen LogP contribution in [0.15, 0.2) is 65.6 Å². The van der Waals surface area contributed by atoms with Gasteiger partial charge in [-0.2, -0.15) is 5.21 Å². The molecule has 0 radical (unpaired) electrons. The molecule has 0 aliphatic heterocycles. The Morgan fingerprint density at radius 3 is 2.46 bits per heavy atom. The third kappa shape index (κ3) is 3.02. The van der Waals surface area contributed by atoms with Crippen molar-refractivity contribution < 1.29 is 0 Å². The molecule has 0 aliphatic rings. The van der Waals surface area contributed by atoms with E-state index in [1.54, 1.807) is 4.57 Å². The standard InChI is InChI=1S/C19H16N6O/c1-13-20-11-10-18(26)25(13)12-14-6-8-15(9-7-14)16-4-2-3-5-17(16)19-21-23-24-22-19/h2-11H,12H2,1H3,(H,21,22,23,24). The van der Waals surface area contributed by atoms with Gasteiger partial charge in [0.1, 0.15) is 5.82 Å². The summed E-state index contributed by atoms with van der Waals surface area (Å²) in [6.07, 6.45) is 1.53. The Bertz CT molecular complexity index is 1080. The summed E-state index contributed by atoms with van der Waals surface area (Å²) in [7, 11) is 0. The van der Waals surface area contributed by atoms with E-state index in [2.05, 4.69) is 25.6 Å². The number of rotatable bonds is 4. The first-order chi connectivity index (χ1) is 12.7. The van der Waals surface area contributed by atoms with Gasteiger partial charge >= 0.3 is 0 Å². The normalized spacial score (nSPS) is 10.8. The maximum atomic E-state index is 12.0. The molecule has 2 aromatic heterocycles. The van der Waals surface area contributed by atoms with E-state index >= 15 is 0 Å². The molecule has 0 saturated carbocycles. The van der Waals surface area contributed by atoms with Gasteiger partial charge in [0.2, 0.25) is 5.82 Å². The molecular weight excluding hydrogens is 328 g/mol. The second-order valence-electron chi connectivity index (χ2n) is 5.89. The first-order valence-electron chi connectivity index (χ1n) is 8.17. The molecule has 0 unspecified atom stereocenters. The van der Waals surface area contributed by atoms with Crippen LogP contribution in [0.5, 0.6) is 0 Å². The molecule has 7 heteroatoms. The SMILES string of the molecule is Cc1nccc(=O)n1Cc1ccc(-c2ccccc2-c2nn[nH]n2)cc1. The van der Waals surface area contributed by atoms with E-state index in [-0.39, 0.29) is 5.56 Å². The Morgan fingerprint density at radius 1 is 1.00 bits per heavy atom. The predicted octanol–water partition coefficient (Wildman–Crippen LogP) is 2.45. The number of aryl methyl sites for hydroxylation is 1. The largest absolute Gasteiger partial charge is 0.292 e. The van der Waals surface area contributed by atoms with Gasteiger partial charge in [0.25, 0.3) is 5.56 Å². The van der Waals surface area contributed by atoms with Crippen LogP contribution in [0.25, 0.3) is 22.5 Å². The zero-order chi connectivity index (χ0) is 17.9. The highest BCUT2D eigenvalue weighted by atomic mass is 16.1. The van der Waals surface area contributed by atoms with Gasteiger partial charge in [0.15, 0.2) is 0 Å². The predicted molar refractivity (Wildman–Crippen MR) is 97.4 cm³/mol. The number of aromatic nitrogens is 6. The number of aromatic amines is 1. The molecule has 0 aliphatic carbocycles. The molecular formula is C19H16N6O. The van der Waals surface area contributed by atoms with E-state index in [9.17, 15) is 4.79 Å². The van der Waals surface area contributed by atoms with E-state index in [1.165, 1.54) is 12.3 Å². The fourth-order valence-corrected chi connectivity index (χ4v) is 2.90. The number of hydrogen-bond acceptors (Lipinski definition) is 5. The van der Waals surface area contributed by atoms with Crippen LogP contribution in [0, 0.1) is 6.92 Å². The lowest BCUT2D eigenvalue weighted by Crippen LogP contribution is -2.22. The Morgan fingerprint density at radius 2 is 1.77 bits per heavy atom. The van der Waals surface area contributed by atoms with Gasteiger partial charge < -0.3 is 0 Å². The summed E-state index contributed by atoms with van der Waals surface area (Å²) < 4.78 is 1.66. The average Bonchev–Trinajstić information content (AvgIpc) is 3.20. The van der Waals surface area contributed by atoms with Crippen LogP contribution in [0.1, 0.15) is 11.4 Å². The Labute approximate surface area is 149 Å². The van der Waals surface area contributed by atoms with Gasteiger partial charge in [-0.25, -0.2) is 4.98 Å². The number of nitrogens with one attached hydrogen (secondary N) is 1. The third-order valence-corrected chi connectivity index (χ3v) is 4.25. The van der Waals surface area contributed by atoms with E-state index in [0.29, 0.717) is 18.2 Å². The van der Waals surface area contributed by atoms with Crippen LogP contribution in [-0.2, 0) is 6.54 Å². The summed E-state index contributed by atoms with van der Waals surface area (Å²) in [4.78, 5) is 16.2. The molecule has 2 aromatic carbocycles. The molecule has 0 spiro atoms. The number of H-pyrrole nitrogens is 1. The molecule has 26 heavy (non-hydrogen) atoms. The lowest BCUT2D eigenvalue weighted by atomic mass is 9.98. The molecule has 0 amide bonds. The summed E-state index contributed by atoms with van der Waals surface area (Å²) in [6, 6.07) is 17.5. The molecule has 7 nitrogen and oxygen atoms in total. The van der Waals surface area contributed by atoms with Gasteiger partial charge in [-0.15, -0.1) is 10.2 Å². The first-order valence-corrected chi connectivity index (χ1v) is 8.17. The summed E-state index contributed by atoms with van der Waals surface area (Å²) in [5.74, 6) is 1.26. The molecule has 0 bridgehead atoms. The number of tetrazole rings is 1. The lowest BCUT2D eigenvalue weighted by molar-refractivity contribution is 0.700. The Hall–Kier alpha value is -3.61. The quantitative estimate of drug-likeness (QED) is 0.614. The van der Waals surface area contributed by atoms with Crippen molar-refractivity contribution in [3.8, 4) is 22.5 Å². The summed E-state index contributed by atoms with van der Waals surface area (Å²) in [6.45, 7) is 2.32. The van der Waals surface area contributed by atoms with Crippen LogP contribution in [0.2, 0.25) is 0 Å². The average molecular weight is 344 g/mol. The Balaban J connectivity index is 1.67.